The number of piperazine rings is 1. The third-order valence-electron chi connectivity index (χ3n) is 7.91. The molecule has 7 nitrogen and oxygen atoms in total. The highest BCUT2D eigenvalue weighted by Gasteiger charge is 2.30. The summed E-state index contributed by atoms with van der Waals surface area (Å²) >= 11 is 4.67. The van der Waals surface area contributed by atoms with Crippen molar-refractivity contribution in [2.75, 3.05) is 38.1 Å². The highest BCUT2D eigenvalue weighted by molar-refractivity contribution is 7.80. The van der Waals surface area contributed by atoms with Crippen molar-refractivity contribution in [3.63, 3.8) is 0 Å². The minimum atomic E-state index is -0.583. The zero-order chi connectivity index (χ0) is 29.3. The molecule has 216 valence electrons. The summed E-state index contributed by atoms with van der Waals surface area (Å²) in [6.45, 7) is 13.2. The highest BCUT2D eigenvalue weighted by Crippen LogP contribution is 2.44. The van der Waals surface area contributed by atoms with Gasteiger partial charge < -0.3 is 14.4 Å². The third-order valence-corrected chi connectivity index (χ3v) is 8.38. The van der Waals surface area contributed by atoms with E-state index >= 15 is 0 Å². The molecule has 1 saturated heterocycles. The van der Waals surface area contributed by atoms with Crippen molar-refractivity contribution >= 4 is 30.5 Å². The molecule has 3 aromatic rings. The molecule has 2 aliphatic rings. The zero-order valence-corrected chi connectivity index (χ0v) is 25.4. The van der Waals surface area contributed by atoms with E-state index in [1.807, 2.05) is 46.8 Å². The lowest BCUT2D eigenvalue weighted by Crippen LogP contribution is -2.48. The number of thiol groups is 1. The molecule has 2 amide bonds. The molecule has 41 heavy (non-hydrogen) atoms. The van der Waals surface area contributed by atoms with Crippen molar-refractivity contribution in [3.05, 3.63) is 82.4 Å². The van der Waals surface area contributed by atoms with Crippen molar-refractivity contribution in [1.82, 2.24) is 9.80 Å². The number of carbonyl (C=O) groups excluding carboxylic acids is 2. The van der Waals surface area contributed by atoms with Crippen LogP contribution >= 0.6 is 12.6 Å². The van der Waals surface area contributed by atoms with Gasteiger partial charge in [0.15, 0.2) is 0 Å². The molecule has 3 aromatic carbocycles. The van der Waals surface area contributed by atoms with Gasteiger partial charge in [-0.2, -0.15) is 0 Å². The predicted molar refractivity (Wildman–Crippen MR) is 165 cm³/mol. The lowest BCUT2D eigenvalue weighted by molar-refractivity contribution is 0.0635. The van der Waals surface area contributed by atoms with E-state index in [1.165, 1.54) is 22.3 Å². The monoisotopic (exact) mass is 573 g/mol. The number of ether oxygens (including phenoxy) is 2. The summed E-state index contributed by atoms with van der Waals surface area (Å²) < 4.78 is 11.3. The van der Waals surface area contributed by atoms with Gasteiger partial charge in [-0.25, -0.2) is 9.59 Å². The Balaban J connectivity index is 1.18. The number of nitrogens with one attached hydrogen (secondary N) is 1. The quantitative estimate of drug-likeness (QED) is 0.322. The Morgan fingerprint density at radius 1 is 0.927 bits per heavy atom. The van der Waals surface area contributed by atoms with Crippen LogP contribution in [0.1, 0.15) is 54.5 Å². The number of hydrogen-bond donors (Lipinski definition) is 2. The van der Waals surface area contributed by atoms with Crippen LogP contribution in [-0.2, 0) is 16.0 Å². The molecule has 0 radical (unpaired) electrons. The first-order chi connectivity index (χ1) is 19.5. The Bertz CT molecular complexity index is 1410. The van der Waals surface area contributed by atoms with E-state index in [0.717, 1.165) is 40.4 Å². The summed E-state index contributed by atoms with van der Waals surface area (Å²) in [6.07, 6.45) is -0.746. The summed E-state index contributed by atoms with van der Waals surface area (Å²) in [5, 5.41) is 2.93. The Hall–Kier alpha value is -3.49. The molecule has 5 rings (SSSR count). The van der Waals surface area contributed by atoms with E-state index < -0.39 is 11.7 Å². The van der Waals surface area contributed by atoms with Crippen molar-refractivity contribution in [1.29, 1.82) is 0 Å². The normalized spacial score (nSPS) is 15.3. The Kier molecular flexibility index (Phi) is 8.34. The number of amides is 2. The maximum atomic E-state index is 13.0. The first-order valence-corrected chi connectivity index (χ1v) is 14.6. The molecule has 0 atom stereocenters. The highest BCUT2D eigenvalue weighted by atomic mass is 32.1. The number of rotatable bonds is 5. The third kappa shape index (κ3) is 6.39. The maximum Gasteiger partial charge on any atom is 0.412 e. The van der Waals surface area contributed by atoms with Gasteiger partial charge in [0.2, 0.25) is 0 Å². The molecule has 1 aliphatic carbocycles. The van der Waals surface area contributed by atoms with Crippen LogP contribution in [0.2, 0.25) is 0 Å². The summed E-state index contributed by atoms with van der Waals surface area (Å²) in [5.74, 6) is 0.0519. The molecule has 1 heterocycles. The van der Waals surface area contributed by atoms with Crippen LogP contribution in [0.15, 0.2) is 59.5 Å². The second kappa shape index (κ2) is 11.8. The largest absolute Gasteiger partial charge is 0.448 e. The summed E-state index contributed by atoms with van der Waals surface area (Å²) in [4.78, 5) is 30.5. The van der Waals surface area contributed by atoms with Gasteiger partial charge in [-0.1, -0.05) is 48.5 Å². The Morgan fingerprint density at radius 2 is 1.51 bits per heavy atom. The number of anilines is 1. The number of benzene rings is 3. The fraction of sp³-hybridized carbons (Fsp3) is 0.394. The van der Waals surface area contributed by atoms with E-state index in [0.29, 0.717) is 26.2 Å². The van der Waals surface area contributed by atoms with E-state index in [-0.39, 0.29) is 12.0 Å². The summed E-state index contributed by atoms with van der Waals surface area (Å²) in [6, 6.07) is 18.8. The molecule has 1 aliphatic heterocycles. The van der Waals surface area contributed by atoms with Gasteiger partial charge in [-0.05, 0) is 79.6 Å². The topological polar surface area (TPSA) is 71.1 Å². The van der Waals surface area contributed by atoms with Gasteiger partial charge in [-0.3, -0.25) is 10.2 Å². The van der Waals surface area contributed by atoms with Gasteiger partial charge >= 0.3 is 12.2 Å². The molecule has 0 bridgehead atoms. The first kappa shape index (κ1) is 29.0. The average molecular weight is 574 g/mol. The first-order valence-electron chi connectivity index (χ1n) is 14.2. The molecule has 1 fully saturated rings. The molecule has 1 N–H and O–H groups in total. The van der Waals surface area contributed by atoms with Crippen molar-refractivity contribution in [2.45, 2.75) is 57.6 Å². The molecular weight excluding hydrogens is 534 g/mol. The van der Waals surface area contributed by atoms with Crippen LogP contribution in [-0.4, -0.2) is 60.4 Å². The van der Waals surface area contributed by atoms with E-state index in [9.17, 15) is 9.59 Å². The standard InChI is InChI=1S/C33H39N3O4S/c1-21-23(18-29(41)22(2)30(21)34-31(37)40-33(3,4)5)19-35-14-16-36(17-15-35)32(38)39-20-28-26-12-8-6-10-24(26)25-11-7-9-13-27(25)28/h6-13,18,28,41H,14-17,19-20H2,1-5H3,(H,34,37). The second-order valence-electron chi connectivity index (χ2n) is 11.9. The van der Waals surface area contributed by atoms with Crippen LogP contribution in [0.4, 0.5) is 15.3 Å². The molecule has 0 saturated carbocycles. The molecule has 0 spiro atoms. The lowest BCUT2D eigenvalue weighted by atomic mass is 9.98. The number of fused-ring (bicyclic) bond motifs is 3. The van der Waals surface area contributed by atoms with E-state index in [4.69, 9.17) is 9.47 Å². The van der Waals surface area contributed by atoms with Gasteiger partial charge in [-0.15, -0.1) is 12.6 Å². The Labute approximate surface area is 248 Å². The van der Waals surface area contributed by atoms with Crippen molar-refractivity contribution in [3.8, 4) is 11.1 Å². The van der Waals surface area contributed by atoms with Crippen molar-refractivity contribution < 1.29 is 19.1 Å². The maximum absolute atomic E-state index is 13.0. The van der Waals surface area contributed by atoms with E-state index in [2.05, 4.69) is 65.3 Å². The fourth-order valence-electron chi connectivity index (χ4n) is 5.72. The van der Waals surface area contributed by atoms with E-state index in [1.54, 1.807) is 4.90 Å². The summed E-state index contributed by atoms with van der Waals surface area (Å²) in [5.41, 5.74) is 8.00. The number of carbonyl (C=O) groups is 2. The van der Waals surface area contributed by atoms with Crippen LogP contribution in [0.25, 0.3) is 11.1 Å². The fourth-order valence-corrected chi connectivity index (χ4v) is 5.99. The SMILES string of the molecule is Cc1c(S)cc(CN2CCN(C(=O)OCC3c4ccccc4-c4ccccc43)CC2)c(C)c1NC(=O)OC(C)(C)C. The molecule has 0 unspecified atom stereocenters. The smallest absolute Gasteiger partial charge is 0.412 e. The predicted octanol–water partition coefficient (Wildman–Crippen LogP) is 7.01. The van der Waals surface area contributed by atoms with Gasteiger partial charge in [0.05, 0.1) is 5.69 Å². The lowest BCUT2D eigenvalue weighted by Gasteiger charge is -2.34. The molecule has 0 aromatic heterocycles. The minimum Gasteiger partial charge on any atom is -0.448 e. The zero-order valence-electron chi connectivity index (χ0n) is 24.5. The van der Waals surface area contributed by atoms with Crippen LogP contribution in [0, 0.1) is 13.8 Å². The summed E-state index contributed by atoms with van der Waals surface area (Å²) in [7, 11) is 0. The van der Waals surface area contributed by atoms with Gasteiger partial charge in [0.1, 0.15) is 12.2 Å². The van der Waals surface area contributed by atoms with Crippen molar-refractivity contribution in [2.24, 2.45) is 0 Å². The molecular formula is C33H39N3O4S. The number of nitrogens with zero attached hydrogens (tertiary/aromatic N) is 2. The second-order valence-corrected chi connectivity index (χ2v) is 12.4. The van der Waals surface area contributed by atoms with Gasteiger partial charge in [0, 0.05) is 43.5 Å². The van der Waals surface area contributed by atoms with Gasteiger partial charge in [0.25, 0.3) is 0 Å². The molecule has 8 heteroatoms. The number of hydrogen-bond acceptors (Lipinski definition) is 6. The van der Waals surface area contributed by atoms with Crippen LogP contribution in [0.3, 0.4) is 0 Å². The van der Waals surface area contributed by atoms with Crippen LogP contribution in [0.5, 0.6) is 0 Å². The average Bonchev–Trinajstić information content (AvgIpc) is 3.26. The Morgan fingerprint density at radius 3 is 2.10 bits per heavy atom. The van der Waals surface area contributed by atoms with Crippen LogP contribution < -0.4 is 5.32 Å². The minimum absolute atomic E-state index is 0.0519.